The van der Waals surface area contributed by atoms with E-state index in [0.29, 0.717) is 6.42 Å². The fourth-order valence-corrected chi connectivity index (χ4v) is 1.88. The van der Waals surface area contributed by atoms with Crippen molar-refractivity contribution in [2.45, 2.75) is 25.4 Å². The summed E-state index contributed by atoms with van der Waals surface area (Å²) in [6, 6.07) is 0. The summed E-state index contributed by atoms with van der Waals surface area (Å²) in [4.78, 5) is 1.09. The van der Waals surface area contributed by atoms with Crippen molar-refractivity contribution in [1.82, 2.24) is 0 Å². The lowest BCUT2D eigenvalue weighted by Crippen LogP contribution is -2.24. The van der Waals surface area contributed by atoms with E-state index in [1.54, 1.807) is 17.8 Å². The molecule has 0 N–H and O–H groups in total. The molecule has 0 bridgehead atoms. The average Bonchev–Trinajstić information content (AvgIpc) is 2.03. The summed E-state index contributed by atoms with van der Waals surface area (Å²) in [5.41, 5.74) is 0. The van der Waals surface area contributed by atoms with Gasteiger partial charge in [0.2, 0.25) is 0 Å². The molecule has 0 saturated heterocycles. The summed E-state index contributed by atoms with van der Waals surface area (Å²) in [6.07, 6.45) is 0.633. The van der Waals surface area contributed by atoms with Gasteiger partial charge in [-0.2, -0.15) is 13.2 Å². The molecule has 70 valence electrons. The van der Waals surface area contributed by atoms with Gasteiger partial charge in [-0.25, -0.2) is 0 Å². The lowest BCUT2D eigenvalue weighted by Gasteiger charge is -2.23. The lowest BCUT2D eigenvalue weighted by atomic mass is 9.94. The maximum absolute atomic E-state index is 12.1. The Balaban J connectivity index is 2.52. The summed E-state index contributed by atoms with van der Waals surface area (Å²) in [5.74, 6) is -1.10. The summed E-state index contributed by atoms with van der Waals surface area (Å²) in [7, 11) is 0. The second-order valence-electron chi connectivity index (χ2n) is 2.89. The van der Waals surface area contributed by atoms with Crippen molar-refractivity contribution >= 4 is 11.8 Å². The number of hydrogen-bond donors (Lipinski definition) is 0. The predicted octanol–water partition coefficient (Wildman–Crippen LogP) is 3.60. The quantitative estimate of drug-likeness (QED) is 0.617. The van der Waals surface area contributed by atoms with Crippen LogP contribution in [0, 0.1) is 5.92 Å². The van der Waals surface area contributed by atoms with Crippen molar-refractivity contribution in [3.63, 3.8) is 0 Å². The zero-order chi connectivity index (χ0) is 9.19. The third-order valence-electron chi connectivity index (χ3n) is 2.09. The fraction of sp³-hybridized carbons (Fsp3) is 0.750. The molecule has 1 rings (SSSR count). The van der Waals surface area contributed by atoms with Crippen LogP contribution in [0.1, 0.15) is 19.3 Å². The van der Waals surface area contributed by atoms with Crippen molar-refractivity contribution in [2.24, 2.45) is 5.92 Å². The van der Waals surface area contributed by atoms with Crippen LogP contribution in [0.3, 0.4) is 0 Å². The second-order valence-corrected chi connectivity index (χ2v) is 3.82. The summed E-state index contributed by atoms with van der Waals surface area (Å²) < 4.78 is 36.4. The molecule has 0 saturated carbocycles. The highest BCUT2D eigenvalue weighted by atomic mass is 32.2. The minimum Gasteiger partial charge on any atom is -0.171 e. The van der Waals surface area contributed by atoms with Gasteiger partial charge in [-0.15, -0.1) is 11.8 Å². The van der Waals surface area contributed by atoms with E-state index in [2.05, 4.69) is 0 Å². The Bertz CT molecular complexity index is 183. The number of alkyl halides is 3. The zero-order valence-electron chi connectivity index (χ0n) is 6.82. The third-order valence-corrected chi connectivity index (χ3v) is 2.99. The maximum Gasteiger partial charge on any atom is 0.392 e. The summed E-state index contributed by atoms with van der Waals surface area (Å²) in [5, 5.41) is 0. The van der Waals surface area contributed by atoms with E-state index in [4.69, 9.17) is 0 Å². The highest BCUT2D eigenvalue weighted by molar-refractivity contribution is 8.02. The first-order valence-corrected chi connectivity index (χ1v) is 5.06. The van der Waals surface area contributed by atoms with Gasteiger partial charge in [-0.1, -0.05) is 6.08 Å². The van der Waals surface area contributed by atoms with E-state index in [1.807, 2.05) is 6.26 Å². The minimum atomic E-state index is -4.00. The molecule has 0 spiro atoms. The zero-order valence-corrected chi connectivity index (χ0v) is 7.63. The normalized spacial score (nSPS) is 25.3. The maximum atomic E-state index is 12.1. The van der Waals surface area contributed by atoms with Gasteiger partial charge in [-0.3, -0.25) is 0 Å². The molecular formula is C8H11F3S. The fourth-order valence-electron chi connectivity index (χ4n) is 1.29. The van der Waals surface area contributed by atoms with Gasteiger partial charge in [0.15, 0.2) is 0 Å². The lowest BCUT2D eigenvalue weighted by molar-refractivity contribution is -0.176. The van der Waals surface area contributed by atoms with Gasteiger partial charge in [0, 0.05) is 0 Å². The van der Waals surface area contributed by atoms with Crippen molar-refractivity contribution in [3.8, 4) is 0 Å². The monoisotopic (exact) mass is 196 g/mol. The predicted molar refractivity (Wildman–Crippen MR) is 45.0 cm³/mol. The molecule has 0 aliphatic heterocycles. The van der Waals surface area contributed by atoms with Crippen molar-refractivity contribution < 1.29 is 13.2 Å². The van der Waals surface area contributed by atoms with Crippen LogP contribution in [0.4, 0.5) is 13.2 Å². The molecule has 0 aromatic carbocycles. The van der Waals surface area contributed by atoms with Crippen LogP contribution in [0.2, 0.25) is 0 Å². The number of rotatable bonds is 1. The topological polar surface area (TPSA) is 0 Å². The molecule has 1 aliphatic rings. The molecule has 12 heavy (non-hydrogen) atoms. The Hall–Kier alpha value is -0.120. The first-order chi connectivity index (χ1) is 5.54. The van der Waals surface area contributed by atoms with Crippen molar-refractivity contribution in [2.75, 3.05) is 6.26 Å². The highest BCUT2D eigenvalue weighted by Crippen LogP contribution is 2.38. The Labute approximate surface area is 74.2 Å². The average molecular weight is 196 g/mol. The first kappa shape index (κ1) is 9.96. The molecule has 1 aliphatic carbocycles. The van der Waals surface area contributed by atoms with E-state index in [9.17, 15) is 13.2 Å². The minimum absolute atomic E-state index is 0.166. The van der Waals surface area contributed by atoms with Gasteiger partial charge in [0.05, 0.1) is 5.92 Å². The molecule has 0 radical (unpaired) electrons. The van der Waals surface area contributed by atoms with E-state index in [-0.39, 0.29) is 12.8 Å². The Morgan fingerprint density at radius 3 is 2.50 bits per heavy atom. The number of halogens is 3. The van der Waals surface area contributed by atoms with Gasteiger partial charge >= 0.3 is 6.18 Å². The molecule has 0 heterocycles. The number of allylic oxidation sites excluding steroid dienone is 2. The molecule has 1 unspecified atom stereocenters. The van der Waals surface area contributed by atoms with Gasteiger partial charge < -0.3 is 0 Å². The third kappa shape index (κ3) is 2.44. The molecular weight excluding hydrogens is 185 g/mol. The standard InChI is InChI=1S/C8H11F3S/c1-12-7-4-2-6(3-5-7)8(9,10)11/h4,6H,2-3,5H2,1H3. The van der Waals surface area contributed by atoms with Gasteiger partial charge in [-0.05, 0) is 30.4 Å². The number of thioether (sulfide) groups is 1. The molecule has 0 aromatic heterocycles. The molecule has 0 nitrogen and oxygen atoms in total. The number of hydrogen-bond acceptors (Lipinski definition) is 1. The van der Waals surface area contributed by atoms with Crippen LogP contribution in [-0.4, -0.2) is 12.4 Å². The van der Waals surface area contributed by atoms with E-state index >= 15 is 0 Å². The van der Waals surface area contributed by atoms with Crippen molar-refractivity contribution in [3.05, 3.63) is 11.0 Å². The van der Waals surface area contributed by atoms with Crippen LogP contribution >= 0.6 is 11.8 Å². The molecule has 1 atom stereocenters. The van der Waals surface area contributed by atoms with Crippen LogP contribution < -0.4 is 0 Å². The smallest absolute Gasteiger partial charge is 0.171 e. The van der Waals surface area contributed by atoms with Crippen LogP contribution in [0.5, 0.6) is 0 Å². The van der Waals surface area contributed by atoms with E-state index < -0.39 is 12.1 Å². The Kier molecular flexibility index (Phi) is 3.09. The molecule has 0 fully saturated rings. The SMILES string of the molecule is CSC1=CCC(C(F)(F)F)CC1. The highest BCUT2D eigenvalue weighted by Gasteiger charge is 2.39. The Morgan fingerprint density at radius 2 is 2.17 bits per heavy atom. The van der Waals surface area contributed by atoms with Crippen LogP contribution in [0.15, 0.2) is 11.0 Å². The molecule has 0 aromatic rings. The first-order valence-electron chi connectivity index (χ1n) is 3.83. The Morgan fingerprint density at radius 1 is 1.50 bits per heavy atom. The van der Waals surface area contributed by atoms with Crippen LogP contribution in [0.25, 0.3) is 0 Å². The van der Waals surface area contributed by atoms with Crippen molar-refractivity contribution in [1.29, 1.82) is 0 Å². The largest absolute Gasteiger partial charge is 0.392 e. The van der Waals surface area contributed by atoms with E-state index in [1.165, 1.54) is 0 Å². The molecule has 0 amide bonds. The molecule has 4 heteroatoms. The summed E-state index contributed by atoms with van der Waals surface area (Å²) in [6.45, 7) is 0. The summed E-state index contributed by atoms with van der Waals surface area (Å²) >= 11 is 1.55. The van der Waals surface area contributed by atoms with Crippen LogP contribution in [-0.2, 0) is 0 Å². The van der Waals surface area contributed by atoms with E-state index in [0.717, 1.165) is 4.91 Å². The second kappa shape index (κ2) is 3.73. The van der Waals surface area contributed by atoms with Gasteiger partial charge in [0.1, 0.15) is 0 Å². The van der Waals surface area contributed by atoms with Gasteiger partial charge in [0.25, 0.3) is 0 Å².